The first kappa shape index (κ1) is 48.1. The van der Waals surface area contributed by atoms with Gasteiger partial charge in [-0.25, -0.2) is 15.0 Å². The van der Waals surface area contributed by atoms with Gasteiger partial charge in [-0.2, -0.15) is 5.26 Å². The van der Waals surface area contributed by atoms with E-state index >= 15 is 0 Å². The van der Waals surface area contributed by atoms with Gasteiger partial charge >= 0.3 is 0 Å². The summed E-state index contributed by atoms with van der Waals surface area (Å²) in [4.78, 5) is 15.8. The van der Waals surface area contributed by atoms with Crippen LogP contribution >= 0.6 is 0 Å². The molecule has 0 saturated carbocycles. The topological polar surface area (TPSA) is 72.3 Å². The molecule has 6 nitrogen and oxygen atoms in total. The standard InChI is InChI=1S/C68H64N6/c1-65(2,3)45-26-32-57-53(36-45)54-37-46(66(4,5)6)27-33-58(54)73(57)49-30-31-51(64-71-62(42-20-15-13-16-21-42)70-63(72-64)43-22-17-14-18-23-43)52(40-49)50-25-19-24-44(41-69)61(50)74-59-34-28-47(67(7,8)9)38-55(59)56-39-48(68(10,11)12)29-35-60(56)74/h13-40H,1-12H3. The van der Waals surface area contributed by atoms with Crippen molar-refractivity contribution in [1.82, 2.24) is 24.1 Å². The molecule has 0 fully saturated rings. The highest BCUT2D eigenvalue weighted by molar-refractivity contribution is 6.12. The third kappa shape index (κ3) is 8.44. The number of aromatic nitrogens is 5. The monoisotopic (exact) mass is 965 g/mol. The van der Waals surface area contributed by atoms with E-state index in [0.29, 0.717) is 23.0 Å². The second-order valence-corrected chi connectivity index (χ2v) is 24.2. The molecule has 0 atom stereocenters. The number of hydrogen-bond donors (Lipinski definition) is 0. The molecule has 0 aliphatic heterocycles. The number of para-hydroxylation sites is 1. The minimum atomic E-state index is -0.0769. The number of rotatable bonds is 6. The summed E-state index contributed by atoms with van der Waals surface area (Å²) in [5, 5.41) is 16.1. The van der Waals surface area contributed by atoms with Crippen molar-refractivity contribution in [3.05, 3.63) is 198 Å². The van der Waals surface area contributed by atoms with E-state index in [1.54, 1.807) is 0 Å². The Morgan fingerprint density at radius 2 is 0.743 bits per heavy atom. The minimum absolute atomic E-state index is 0.0432. The number of nitriles is 1. The van der Waals surface area contributed by atoms with Gasteiger partial charge in [0.15, 0.2) is 17.5 Å². The van der Waals surface area contributed by atoms with E-state index in [0.717, 1.165) is 72.0 Å². The lowest BCUT2D eigenvalue weighted by Gasteiger charge is -2.21. The van der Waals surface area contributed by atoms with E-state index in [2.05, 4.69) is 195 Å². The molecule has 3 aromatic heterocycles. The van der Waals surface area contributed by atoms with Crippen LogP contribution in [0.3, 0.4) is 0 Å². The lowest BCUT2D eigenvalue weighted by molar-refractivity contribution is 0.590. The Morgan fingerprint density at radius 1 is 0.351 bits per heavy atom. The van der Waals surface area contributed by atoms with Crippen LogP contribution in [0.1, 0.15) is 111 Å². The Morgan fingerprint density at radius 3 is 1.14 bits per heavy atom. The van der Waals surface area contributed by atoms with Gasteiger partial charge < -0.3 is 9.13 Å². The van der Waals surface area contributed by atoms with Crippen LogP contribution < -0.4 is 0 Å². The fraction of sp³-hybridized carbons (Fsp3) is 0.235. The average molecular weight is 965 g/mol. The summed E-state index contributed by atoms with van der Waals surface area (Å²) in [6.07, 6.45) is 0. The quantitative estimate of drug-likeness (QED) is 0.166. The van der Waals surface area contributed by atoms with Crippen LogP contribution in [0.15, 0.2) is 170 Å². The van der Waals surface area contributed by atoms with Gasteiger partial charge in [0.05, 0.1) is 33.3 Å². The minimum Gasteiger partial charge on any atom is -0.309 e. The molecule has 0 radical (unpaired) electrons. The number of benzene rings is 8. The first-order valence-electron chi connectivity index (χ1n) is 25.9. The average Bonchev–Trinajstić information content (AvgIpc) is 3.90. The highest BCUT2D eigenvalue weighted by Gasteiger charge is 2.27. The van der Waals surface area contributed by atoms with E-state index in [-0.39, 0.29) is 21.7 Å². The summed E-state index contributed by atoms with van der Waals surface area (Å²) >= 11 is 0. The fourth-order valence-electron chi connectivity index (χ4n) is 10.5. The molecular weight excluding hydrogens is 901 g/mol. The zero-order chi connectivity index (χ0) is 52.1. The maximum atomic E-state index is 11.3. The summed E-state index contributed by atoms with van der Waals surface area (Å²) in [5.74, 6) is 1.69. The van der Waals surface area contributed by atoms with E-state index in [1.807, 2.05) is 72.8 Å². The van der Waals surface area contributed by atoms with Crippen molar-refractivity contribution < 1.29 is 0 Å². The molecule has 3 heterocycles. The number of hydrogen-bond acceptors (Lipinski definition) is 4. The van der Waals surface area contributed by atoms with E-state index < -0.39 is 0 Å². The van der Waals surface area contributed by atoms with Crippen LogP contribution in [-0.2, 0) is 21.7 Å². The Labute approximate surface area is 436 Å². The third-order valence-corrected chi connectivity index (χ3v) is 14.9. The van der Waals surface area contributed by atoms with Gasteiger partial charge in [-0.05, 0) is 122 Å². The first-order valence-corrected chi connectivity index (χ1v) is 25.9. The van der Waals surface area contributed by atoms with Gasteiger partial charge in [0, 0.05) is 49.5 Å². The molecule has 11 aromatic rings. The molecule has 0 spiro atoms. The SMILES string of the molecule is CC(C)(C)c1ccc2c(c1)c1cc(C(C)(C)C)ccc1n2-c1ccc(-c2nc(-c3ccccc3)nc(-c3ccccc3)n2)c(-c2cccc(C#N)c2-n2c3ccc(C(C)(C)C)cc3c3cc(C(C)(C)C)ccc32)c1. The van der Waals surface area contributed by atoms with Crippen molar-refractivity contribution in [2.45, 2.75) is 105 Å². The summed E-state index contributed by atoms with van der Waals surface area (Å²) < 4.78 is 4.74. The third-order valence-electron chi connectivity index (χ3n) is 14.9. The molecule has 366 valence electrons. The number of nitrogens with zero attached hydrogens (tertiary/aromatic N) is 6. The molecule has 74 heavy (non-hydrogen) atoms. The molecule has 0 N–H and O–H groups in total. The van der Waals surface area contributed by atoms with Crippen molar-refractivity contribution in [1.29, 1.82) is 5.26 Å². The van der Waals surface area contributed by atoms with Crippen LogP contribution in [0.5, 0.6) is 0 Å². The van der Waals surface area contributed by atoms with Crippen LogP contribution in [0, 0.1) is 11.3 Å². The predicted molar refractivity (Wildman–Crippen MR) is 310 cm³/mol. The van der Waals surface area contributed by atoms with Crippen molar-refractivity contribution in [3.63, 3.8) is 0 Å². The summed E-state index contributed by atoms with van der Waals surface area (Å²) in [6.45, 7) is 27.3. The van der Waals surface area contributed by atoms with Crippen molar-refractivity contribution in [2.75, 3.05) is 0 Å². The predicted octanol–water partition coefficient (Wildman–Crippen LogP) is 17.8. The Balaban J connectivity index is 1.27. The molecule has 8 aromatic carbocycles. The molecule has 0 unspecified atom stereocenters. The number of fused-ring (bicyclic) bond motifs is 6. The molecule has 11 rings (SSSR count). The van der Waals surface area contributed by atoms with Gasteiger partial charge in [-0.1, -0.05) is 180 Å². The highest BCUT2D eigenvalue weighted by Crippen LogP contribution is 2.45. The summed E-state index contributed by atoms with van der Waals surface area (Å²) in [6, 6.07) is 63.4. The van der Waals surface area contributed by atoms with Crippen molar-refractivity contribution >= 4 is 43.6 Å². The molecule has 0 aliphatic carbocycles. The van der Waals surface area contributed by atoms with Gasteiger partial charge in [0.25, 0.3) is 0 Å². The molecule has 0 amide bonds. The largest absolute Gasteiger partial charge is 0.309 e. The normalized spacial score (nSPS) is 12.6. The maximum Gasteiger partial charge on any atom is 0.164 e. The van der Waals surface area contributed by atoms with E-state index in [4.69, 9.17) is 15.0 Å². The summed E-state index contributed by atoms with van der Waals surface area (Å²) in [5.41, 5.74) is 15.9. The Kier molecular flexibility index (Phi) is 11.4. The van der Waals surface area contributed by atoms with Crippen LogP contribution in [-0.4, -0.2) is 24.1 Å². The zero-order valence-electron chi connectivity index (χ0n) is 44.8. The van der Waals surface area contributed by atoms with E-state index in [9.17, 15) is 5.26 Å². The van der Waals surface area contributed by atoms with Crippen LogP contribution in [0.4, 0.5) is 0 Å². The smallest absolute Gasteiger partial charge is 0.164 e. The highest BCUT2D eigenvalue weighted by atomic mass is 15.0. The molecule has 0 aliphatic rings. The maximum absolute atomic E-state index is 11.3. The lowest BCUT2D eigenvalue weighted by atomic mass is 9.85. The van der Waals surface area contributed by atoms with Gasteiger partial charge in [0.2, 0.25) is 0 Å². The molecule has 0 saturated heterocycles. The fourth-order valence-corrected chi connectivity index (χ4v) is 10.5. The van der Waals surface area contributed by atoms with Crippen molar-refractivity contribution in [3.8, 4) is 62.7 Å². The van der Waals surface area contributed by atoms with Gasteiger partial charge in [0.1, 0.15) is 6.07 Å². The second kappa shape index (κ2) is 17.5. The Bertz CT molecular complexity index is 3840. The second-order valence-electron chi connectivity index (χ2n) is 24.2. The Hall–Kier alpha value is -8.14. The molecule has 0 bridgehead atoms. The van der Waals surface area contributed by atoms with E-state index in [1.165, 1.54) is 33.0 Å². The first-order chi connectivity index (χ1) is 35.2. The summed E-state index contributed by atoms with van der Waals surface area (Å²) in [7, 11) is 0. The van der Waals surface area contributed by atoms with Gasteiger partial charge in [-0.15, -0.1) is 0 Å². The van der Waals surface area contributed by atoms with Crippen LogP contribution in [0.2, 0.25) is 0 Å². The van der Waals surface area contributed by atoms with Gasteiger partial charge in [-0.3, -0.25) is 0 Å². The lowest BCUT2D eigenvalue weighted by Crippen LogP contribution is -2.10. The molecule has 6 heteroatoms. The van der Waals surface area contributed by atoms with Crippen molar-refractivity contribution in [2.24, 2.45) is 0 Å². The van der Waals surface area contributed by atoms with Crippen LogP contribution in [0.25, 0.3) is 100 Å². The molecular formula is C68H64N6. The zero-order valence-corrected chi connectivity index (χ0v) is 44.8.